The third-order valence-corrected chi connectivity index (χ3v) is 4.95. The van der Waals surface area contributed by atoms with E-state index in [9.17, 15) is 18.8 Å². The van der Waals surface area contributed by atoms with Crippen LogP contribution in [0.2, 0.25) is 0 Å². The van der Waals surface area contributed by atoms with Crippen LogP contribution in [0.25, 0.3) is 22.4 Å². The molecule has 2 amide bonds. The second kappa shape index (κ2) is 6.08. The van der Waals surface area contributed by atoms with Gasteiger partial charge >= 0.3 is 0 Å². The molecule has 0 fully saturated rings. The van der Waals surface area contributed by atoms with Crippen LogP contribution in [0.3, 0.4) is 0 Å². The van der Waals surface area contributed by atoms with Gasteiger partial charge in [0.15, 0.2) is 0 Å². The average molecular weight is 404 g/mol. The number of anilines is 1. The van der Waals surface area contributed by atoms with Gasteiger partial charge < -0.3 is 5.73 Å². The van der Waals surface area contributed by atoms with E-state index in [1.165, 1.54) is 21.5 Å². The number of aromatic nitrogens is 4. The predicted molar refractivity (Wildman–Crippen MR) is 105 cm³/mol. The number of imide groups is 1. The van der Waals surface area contributed by atoms with Crippen LogP contribution in [0.1, 0.15) is 26.3 Å². The third kappa shape index (κ3) is 2.50. The van der Waals surface area contributed by atoms with Crippen molar-refractivity contribution < 1.29 is 14.0 Å². The van der Waals surface area contributed by atoms with Crippen LogP contribution in [0.5, 0.6) is 0 Å². The van der Waals surface area contributed by atoms with Crippen molar-refractivity contribution >= 4 is 28.7 Å². The number of benzene rings is 2. The Balaban J connectivity index is 1.71. The number of nitrogens with one attached hydrogen (secondary N) is 1. The quantitative estimate of drug-likeness (QED) is 0.488. The SMILES string of the molecule is Cc1cc2nn(-c3ccc(F)cc3)nc2cc1-n1c(N)c2c(cc1=O)C(=O)NC2=O. The van der Waals surface area contributed by atoms with Gasteiger partial charge in [-0.15, -0.1) is 10.2 Å². The van der Waals surface area contributed by atoms with E-state index in [1.807, 2.05) is 0 Å². The van der Waals surface area contributed by atoms with Crippen molar-refractivity contribution in [3.8, 4) is 11.4 Å². The maximum absolute atomic E-state index is 13.2. The van der Waals surface area contributed by atoms with E-state index in [4.69, 9.17) is 5.73 Å². The molecule has 0 aliphatic carbocycles. The minimum atomic E-state index is -0.652. The monoisotopic (exact) mass is 404 g/mol. The van der Waals surface area contributed by atoms with Gasteiger partial charge in [0.1, 0.15) is 22.7 Å². The van der Waals surface area contributed by atoms with Gasteiger partial charge in [0.05, 0.1) is 22.5 Å². The molecule has 0 spiro atoms. The summed E-state index contributed by atoms with van der Waals surface area (Å²) in [6.45, 7) is 1.76. The fraction of sp³-hybridized carbons (Fsp3) is 0.0500. The van der Waals surface area contributed by atoms with Crippen molar-refractivity contribution in [3.05, 3.63) is 75.3 Å². The molecule has 0 unspecified atom stereocenters. The van der Waals surface area contributed by atoms with Gasteiger partial charge in [-0.3, -0.25) is 24.3 Å². The normalized spacial score (nSPS) is 13.0. The number of aryl methyl sites for hydroxylation is 1. The fourth-order valence-electron chi connectivity index (χ4n) is 3.52. The molecule has 0 saturated heterocycles. The molecule has 2 aromatic heterocycles. The molecule has 5 rings (SSSR count). The van der Waals surface area contributed by atoms with E-state index in [0.29, 0.717) is 28.0 Å². The van der Waals surface area contributed by atoms with E-state index in [0.717, 1.165) is 6.07 Å². The van der Waals surface area contributed by atoms with Gasteiger partial charge in [-0.05, 0) is 48.9 Å². The molecular weight excluding hydrogens is 391 g/mol. The van der Waals surface area contributed by atoms with Crippen molar-refractivity contribution in [2.24, 2.45) is 0 Å². The summed E-state index contributed by atoms with van der Waals surface area (Å²) < 4.78 is 14.3. The fourth-order valence-corrected chi connectivity index (χ4v) is 3.52. The highest BCUT2D eigenvalue weighted by Crippen LogP contribution is 2.26. The number of carbonyl (C=O) groups excluding carboxylic acids is 2. The van der Waals surface area contributed by atoms with Crippen LogP contribution < -0.4 is 16.6 Å². The number of halogens is 1. The molecule has 0 atom stereocenters. The number of nitrogen functional groups attached to an aromatic ring is 1. The van der Waals surface area contributed by atoms with Crippen molar-refractivity contribution in [1.29, 1.82) is 0 Å². The van der Waals surface area contributed by atoms with E-state index in [2.05, 4.69) is 15.5 Å². The molecule has 0 saturated carbocycles. The van der Waals surface area contributed by atoms with Gasteiger partial charge in [0.2, 0.25) is 0 Å². The van der Waals surface area contributed by atoms with Gasteiger partial charge in [0, 0.05) is 6.07 Å². The molecule has 30 heavy (non-hydrogen) atoms. The molecule has 3 heterocycles. The van der Waals surface area contributed by atoms with Gasteiger partial charge in [-0.1, -0.05) is 0 Å². The Bertz CT molecular complexity index is 1450. The molecule has 10 heteroatoms. The highest BCUT2D eigenvalue weighted by atomic mass is 19.1. The van der Waals surface area contributed by atoms with Crippen molar-refractivity contribution in [2.75, 3.05) is 5.73 Å². The summed E-state index contributed by atoms with van der Waals surface area (Å²) in [4.78, 5) is 38.0. The minimum Gasteiger partial charge on any atom is -0.384 e. The smallest absolute Gasteiger partial charge is 0.262 e. The molecule has 0 bridgehead atoms. The summed E-state index contributed by atoms with van der Waals surface area (Å²) in [5.74, 6) is -1.81. The van der Waals surface area contributed by atoms with Crippen LogP contribution in [0.4, 0.5) is 10.2 Å². The number of rotatable bonds is 2. The maximum atomic E-state index is 13.2. The highest BCUT2D eigenvalue weighted by Gasteiger charge is 2.32. The van der Waals surface area contributed by atoms with Crippen molar-refractivity contribution in [3.63, 3.8) is 0 Å². The summed E-state index contributed by atoms with van der Waals surface area (Å²) in [5.41, 5.74) is 8.15. The minimum absolute atomic E-state index is 0.0333. The van der Waals surface area contributed by atoms with E-state index in [1.54, 1.807) is 31.2 Å². The van der Waals surface area contributed by atoms with Gasteiger partial charge in [-0.25, -0.2) is 4.39 Å². The first-order chi connectivity index (χ1) is 14.3. The van der Waals surface area contributed by atoms with Crippen LogP contribution in [0.15, 0.2) is 47.3 Å². The molecule has 3 N–H and O–H groups in total. The third-order valence-electron chi connectivity index (χ3n) is 4.95. The standard InChI is InChI=1S/C20H13FN6O3/c1-9-6-13-14(25-27(24-13)11-4-2-10(21)3-5-11)8-15(9)26-16(28)7-12-17(18(26)22)20(30)23-19(12)29/h2-8H,22H2,1H3,(H,23,29,30). The second-order valence-electron chi connectivity index (χ2n) is 6.87. The Morgan fingerprint density at radius 2 is 1.63 bits per heavy atom. The largest absolute Gasteiger partial charge is 0.384 e. The number of amides is 2. The number of pyridine rings is 1. The Labute approximate surface area is 167 Å². The number of carbonyl (C=O) groups is 2. The van der Waals surface area contributed by atoms with Crippen molar-refractivity contribution in [1.82, 2.24) is 24.9 Å². The van der Waals surface area contributed by atoms with E-state index in [-0.39, 0.29) is 22.8 Å². The molecular formula is C20H13FN6O3. The first kappa shape index (κ1) is 17.7. The summed E-state index contributed by atoms with van der Waals surface area (Å²) in [5, 5.41) is 10.9. The number of hydrogen-bond acceptors (Lipinski definition) is 6. The molecule has 2 aromatic carbocycles. The Kier molecular flexibility index (Phi) is 3.59. The topological polar surface area (TPSA) is 125 Å². The van der Waals surface area contributed by atoms with Crippen LogP contribution in [-0.4, -0.2) is 31.4 Å². The molecule has 9 nitrogen and oxygen atoms in total. The zero-order valence-electron chi connectivity index (χ0n) is 15.5. The lowest BCUT2D eigenvalue weighted by Crippen LogP contribution is -2.24. The molecule has 0 radical (unpaired) electrons. The van der Waals surface area contributed by atoms with E-state index < -0.39 is 17.4 Å². The summed E-state index contributed by atoms with van der Waals surface area (Å²) in [7, 11) is 0. The second-order valence-corrected chi connectivity index (χ2v) is 6.87. The highest BCUT2D eigenvalue weighted by molar-refractivity contribution is 6.23. The van der Waals surface area contributed by atoms with Crippen LogP contribution >= 0.6 is 0 Å². The average Bonchev–Trinajstić information content (AvgIpc) is 3.22. The maximum Gasteiger partial charge on any atom is 0.262 e. The Morgan fingerprint density at radius 3 is 2.33 bits per heavy atom. The molecule has 1 aliphatic rings. The lowest BCUT2D eigenvalue weighted by Gasteiger charge is -2.13. The predicted octanol–water partition coefficient (Wildman–Crippen LogP) is 1.48. The van der Waals surface area contributed by atoms with Gasteiger partial charge in [0.25, 0.3) is 17.4 Å². The molecule has 1 aliphatic heterocycles. The Morgan fingerprint density at radius 1 is 0.967 bits per heavy atom. The lowest BCUT2D eigenvalue weighted by atomic mass is 10.1. The number of nitrogens with zero attached hydrogens (tertiary/aromatic N) is 4. The lowest BCUT2D eigenvalue weighted by molar-refractivity contribution is 0.0880. The van der Waals surface area contributed by atoms with Crippen LogP contribution in [-0.2, 0) is 0 Å². The zero-order chi connectivity index (χ0) is 21.2. The summed E-state index contributed by atoms with van der Waals surface area (Å²) >= 11 is 0. The molecule has 4 aromatic rings. The number of nitrogens with two attached hydrogens (primary N) is 1. The first-order valence-electron chi connectivity index (χ1n) is 8.89. The van der Waals surface area contributed by atoms with Gasteiger partial charge in [-0.2, -0.15) is 4.80 Å². The summed E-state index contributed by atoms with van der Waals surface area (Å²) in [6.07, 6.45) is 0. The molecule has 148 valence electrons. The summed E-state index contributed by atoms with van der Waals surface area (Å²) in [6, 6.07) is 10.1. The number of hydrogen-bond donors (Lipinski definition) is 2. The number of fused-ring (bicyclic) bond motifs is 2. The van der Waals surface area contributed by atoms with Crippen molar-refractivity contribution in [2.45, 2.75) is 6.92 Å². The first-order valence-corrected chi connectivity index (χ1v) is 8.89. The Hall–Kier alpha value is -4.34. The van der Waals surface area contributed by atoms with E-state index >= 15 is 0 Å². The zero-order valence-corrected chi connectivity index (χ0v) is 15.5. The van der Waals surface area contributed by atoms with Crippen LogP contribution in [0, 0.1) is 12.7 Å².